The van der Waals surface area contributed by atoms with Gasteiger partial charge < -0.3 is 10.5 Å². The maximum absolute atomic E-state index is 5.90. The molecule has 1 aromatic rings. The fraction of sp³-hybridized carbons (Fsp3) is 0.571. The summed E-state index contributed by atoms with van der Waals surface area (Å²) >= 11 is 3.49. The van der Waals surface area contributed by atoms with E-state index in [0.29, 0.717) is 13.2 Å². The van der Waals surface area contributed by atoms with E-state index in [1.807, 2.05) is 13.0 Å². The van der Waals surface area contributed by atoms with Crippen LogP contribution < -0.4 is 5.73 Å². The van der Waals surface area contributed by atoms with Crippen molar-refractivity contribution in [1.29, 1.82) is 0 Å². The van der Waals surface area contributed by atoms with Crippen LogP contribution in [0.15, 0.2) is 28.7 Å². The molecule has 1 unspecified atom stereocenters. The number of hydrogen-bond acceptors (Lipinski definition) is 3. The largest absolute Gasteiger partial charge is 0.380 e. The molecule has 1 rings (SSSR count). The zero-order valence-electron chi connectivity index (χ0n) is 11.4. The zero-order valence-corrected chi connectivity index (χ0v) is 13.0. The maximum Gasteiger partial charge on any atom is 0.0659 e. The predicted molar refractivity (Wildman–Crippen MR) is 79.6 cm³/mol. The molecule has 4 heteroatoms. The third-order valence-corrected chi connectivity index (χ3v) is 3.78. The second kappa shape index (κ2) is 7.24. The summed E-state index contributed by atoms with van der Waals surface area (Å²) < 4.78 is 6.65. The molecule has 18 heavy (non-hydrogen) atoms. The molecular formula is C14H23BrN2O. The van der Waals surface area contributed by atoms with Crippen LogP contribution in [0.1, 0.15) is 19.4 Å². The lowest BCUT2D eigenvalue weighted by atomic mass is 10.0. The Labute approximate surface area is 118 Å². The minimum atomic E-state index is -0.127. The monoisotopic (exact) mass is 314 g/mol. The standard InChI is InChI=1S/C14H23BrN2O/c1-4-18-11-14(2,10-16)17(3)9-12-6-5-7-13(15)8-12/h5-8H,4,9-11,16H2,1-3H3. The van der Waals surface area contributed by atoms with Gasteiger partial charge in [-0.2, -0.15) is 0 Å². The summed E-state index contributed by atoms with van der Waals surface area (Å²) in [6.07, 6.45) is 0. The highest BCUT2D eigenvalue weighted by molar-refractivity contribution is 9.10. The van der Waals surface area contributed by atoms with E-state index < -0.39 is 0 Å². The van der Waals surface area contributed by atoms with E-state index in [9.17, 15) is 0 Å². The molecular weight excluding hydrogens is 292 g/mol. The smallest absolute Gasteiger partial charge is 0.0659 e. The first-order valence-electron chi connectivity index (χ1n) is 6.25. The van der Waals surface area contributed by atoms with Crippen LogP contribution in [-0.2, 0) is 11.3 Å². The molecule has 0 aliphatic rings. The SMILES string of the molecule is CCOCC(C)(CN)N(C)Cc1cccc(Br)c1. The molecule has 0 heterocycles. The van der Waals surface area contributed by atoms with Crippen molar-refractivity contribution >= 4 is 15.9 Å². The van der Waals surface area contributed by atoms with Crippen LogP contribution in [0.2, 0.25) is 0 Å². The van der Waals surface area contributed by atoms with Crippen LogP contribution in [0.3, 0.4) is 0 Å². The van der Waals surface area contributed by atoms with Crippen molar-refractivity contribution in [3.8, 4) is 0 Å². The van der Waals surface area contributed by atoms with Gasteiger partial charge in [-0.25, -0.2) is 0 Å². The van der Waals surface area contributed by atoms with Gasteiger partial charge in [0.25, 0.3) is 0 Å². The molecule has 0 amide bonds. The number of likely N-dealkylation sites (N-methyl/N-ethyl adjacent to an activating group) is 1. The summed E-state index contributed by atoms with van der Waals surface area (Å²) in [5.41, 5.74) is 7.04. The molecule has 0 spiro atoms. The third kappa shape index (κ3) is 4.35. The van der Waals surface area contributed by atoms with E-state index in [-0.39, 0.29) is 5.54 Å². The number of nitrogens with two attached hydrogens (primary N) is 1. The number of halogens is 1. The second-order valence-electron chi connectivity index (χ2n) is 4.82. The van der Waals surface area contributed by atoms with Gasteiger partial charge in [0.1, 0.15) is 0 Å². The Morgan fingerprint density at radius 2 is 2.17 bits per heavy atom. The van der Waals surface area contributed by atoms with Crippen LogP contribution in [0.25, 0.3) is 0 Å². The van der Waals surface area contributed by atoms with Crippen molar-refractivity contribution < 1.29 is 4.74 Å². The predicted octanol–water partition coefficient (Wildman–Crippen LogP) is 2.63. The fourth-order valence-corrected chi connectivity index (χ4v) is 2.19. The van der Waals surface area contributed by atoms with Crippen molar-refractivity contribution in [2.24, 2.45) is 5.73 Å². The van der Waals surface area contributed by atoms with E-state index in [1.165, 1.54) is 5.56 Å². The Kier molecular flexibility index (Phi) is 6.29. The normalized spacial score (nSPS) is 14.8. The van der Waals surface area contributed by atoms with Gasteiger partial charge in [-0.05, 0) is 38.6 Å². The summed E-state index contributed by atoms with van der Waals surface area (Å²) in [5.74, 6) is 0. The summed E-state index contributed by atoms with van der Waals surface area (Å²) in [4.78, 5) is 2.25. The lowest BCUT2D eigenvalue weighted by Gasteiger charge is -2.37. The molecule has 0 aliphatic heterocycles. The van der Waals surface area contributed by atoms with E-state index >= 15 is 0 Å². The Balaban J connectivity index is 2.69. The van der Waals surface area contributed by atoms with Crippen LogP contribution in [0.5, 0.6) is 0 Å². The van der Waals surface area contributed by atoms with Crippen molar-refractivity contribution in [3.63, 3.8) is 0 Å². The molecule has 0 saturated carbocycles. The Hall–Kier alpha value is -0.420. The number of benzene rings is 1. The Bertz CT molecular complexity index is 373. The Morgan fingerprint density at radius 3 is 2.72 bits per heavy atom. The van der Waals surface area contributed by atoms with Gasteiger partial charge in [0.15, 0.2) is 0 Å². The first-order valence-corrected chi connectivity index (χ1v) is 7.04. The van der Waals surface area contributed by atoms with Gasteiger partial charge in [0.2, 0.25) is 0 Å². The lowest BCUT2D eigenvalue weighted by Crippen LogP contribution is -2.52. The number of hydrogen-bond donors (Lipinski definition) is 1. The molecule has 1 aromatic carbocycles. The first-order chi connectivity index (χ1) is 8.51. The van der Waals surface area contributed by atoms with Gasteiger partial charge in [0, 0.05) is 24.2 Å². The average molecular weight is 315 g/mol. The highest BCUT2D eigenvalue weighted by atomic mass is 79.9. The maximum atomic E-state index is 5.90. The zero-order chi connectivity index (χ0) is 13.6. The molecule has 2 N–H and O–H groups in total. The lowest BCUT2D eigenvalue weighted by molar-refractivity contribution is 0.0202. The van der Waals surface area contributed by atoms with Gasteiger partial charge in [-0.15, -0.1) is 0 Å². The number of ether oxygens (including phenoxy) is 1. The molecule has 0 fully saturated rings. The molecule has 102 valence electrons. The Morgan fingerprint density at radius 1 is 1.44 bits per heavy atom. The van der Waals surface area contributed by atoms with Crippen molar-refractivity contribution in [2.75, 3.05) is 26.8 Å². The third-order valence-electron chi connectivity index (χ3n) is 3.29. The minimum absolute atomic E-state index is 0.127. The number of rotatable bonds is 7. The molecule has 0 bridgehead atoms. The molecule has 0 aromatic heterocycles. The van der Waals surface area contributed by atoms with Gasteiger partial charge in [-0.3, -0.25) is 4.90 Å². The van der Waals surface area contributed by atoms with E-state index in [0.717, 1.165) is 17.6 Å². The molecule has 0 saturated heterocycles. The molecule has 1 atom stereocenters. The van der Waals surface area contributed by atoms with Crippen LogP contribution in [0, 0.1) is 0 Å². The second-order valence-corrected chi connectivity index (χ2v) is 5.74. The highest BCUT2D eigenvalue weighted by Crippen LogP contribution is 2.18. The summed E-state index contributed by atoms with van der Waals surface area (Å²) in [5, 5.41) is 0. The summed E-state index contributed by atoms with van der Waals surface area (Å²) in [6, 6.07) is 8.34. The molecule has 3 nitrogen and oxygen atoms in total. The van der Waals surface area contributed by atoms with Crippen LogP contribution in [0.4, 0.5) is 0 Å². The minimum Gasteiger partial charge on any atom is -0.380 e. The van der Waals surface area contributed by atoms with Crippen LogP contribution in [-0.4, -0.2) is 37.2 Å². The molecule has 0 aliphatic carbocycles. The van der Waals surface area contributed by atoms with E-state index in [4.69, 9.17) is 10.5 Å². The van der Waals surface area contributed by atoms with Crippen molar-refractivity contribution in [1.82, 2.24) is 4.90 Å². The summed E-state index contributed by atoms with van der Waals surface area (Å²) in [7, 11) is 2.09. The van der Waals surface area contributed by atoms with E-state index in [2.05, 4.69) is 53.0 Å². The molecule has 0 radical (unpaired) electrons. The summed E-state index contributed by atoms with van der Waals surface area (Å²) in [6.45, 7) is 6.97. The first kappa shape index (κ1) is 15.6. The average Bonchev–Trinajstić information content (AvgIpc) is 2.36. The van der Waals surface area contributed by atoms with E-state index in [1.54, 1.807) is 0 Å². The number of nitrogens with zero attached hydrogens (tertiary/aromatic N) is 1. The van der Waals surface area contributed by atoms with Gasteiger partial charge in [0.05, 0.1) is 12.1 Å². The quantitative estimate of drug-likeness (QED) is 0.841. The highest BCUT2D eigenvalue weighted by Gasteiger charge is 2.27. The topological polar surface area (TPSA) is 38.5 Å². The van der Waals surface area contributed by atoms with Gasteiger partial charge >= 0.3 is 0 Å². The van der Waals surface area contributed by atoms with Crippen molar-refractivity contribution in [3.05, 3.63) is 34.3 Å². The van der Waals surface area contributed by atoms with Crippen LogP contribution >= 0.6 is 15.9 Å². The van der Waals surface area contributed by atoms with Gasteiger partial charge in [-0.1, -0.05) is 28.1 Å². The van der Waals surface area contributed by atoms with Crippen molar-refractivity contribution in [2.45, 2.75) is 25.9 Å². The fourth-order valence-electron chi connectivity index (χ4n) is 1.75.